The number of carbonyl (C=O) groups is 1. The molecule has 3 N–H and O–H groups in total. The van der Waals surface area contributed by atoms with E-state index in [4.69, 9.17) is 0 Å². The topological polar surface area (TPSA) is 38.0 Å². The summed E-state index contributed by atoms with van der Waals surface area (Å²) in [7, 11) is 0. The largest absolute Gasteiger partial charge is 0.351 e. The second-order valence-corrected chi connectivity index (χ2v) is 8.43. The van der Waals surface area contributed by atoms with Crippen LogP contribution in [0.3, 0.4) is 0 Å². The molecule has 1 aliphatic rings. The van der Waals surface area contributed by atoms with Crippen molar-refractivity contribution in [1.82, 2.24) is 5.32 Å². The fourth-order valence-corrected chi connectivity index (χ4v) is 4.21. The molecule has 0 aromatic heterocycles. The average molecular weight is 382 g/mol. The van der Waals surface area contributed by atoms with Crippen molar-refractivity contribution in [2.45, 2.75) is 32.9 Å². The highest BCUT2D eigenvalue weighted by atomic mass is 16.2. The maximum absolute atomic E-state index is 12.5. The van der Waals surface area contributed by atoms with E-state index in [-0.39, 0.29) is 11.9 Å². The van der Waals surface area contributed by atoms with Gasteiger partial charge in [0.25, 0.3) is 5.91 Å². The Kier molecular flexibility index (Phi) is 7.24. The molecule has 1 amide bonds. The number of rotatable bonds is 7. The summed E-state index contributed by atoms with van der Waals surface area (Å²) in [6.45, 7) is 11.3. The van der Waals surface area contributed by atoms with Crippen molar-refractivity contribution in [2.24, 2.45) is 5.92 Å². The molecule has 150 valence electrons. The Balaban J connectivity index is 1.67. The number of amides is 1. The van der Waals surface area contributed by atoms with Crippen LogP contribution < -0.4 is 15.1 Å². The number of piperazine rings is 1. The minimum atomic E-state index is 0.0206. The van der Waals surface area contributed by atoms with E-state index in [1.807, 2.05) is 0 Å². The number of hydrogen-bond donors (Lipinski definition) is 3. The summed E-state index contributed by atoms with van der Waals surface area (Å²) in [5.41, 5.74) is 2.74. The second kappa shape index (κ2) is 9.85. The van der Waals surface area contributed by atoms with Gasteiger partial charge in [-0.15, -0.1) is 0 Å². The second-order valence-electron chi connectivity index (χ2n) is 8.43. The molecule has 2 aromatic carbocycles. The predicted octanol–water partition coefficient (Wildman–Crippen LogP) is 0.720. The van der Waals surface area contributed by atoms with Crippen LogP contribution in [0.4, 0.5) is 0 Å². The minimum absolute atomic E-state index is 0.0206. The SMILES string of the molecule is CC(C)CNC(=O)[C@H](C)[NH+]1CC[NH+](C(c2ccccc2)c2ccccc2)CC1. The molecule has 3 rings (SSSR count). The number of carbonyl (C=O) groups excluding carboxylic acids is 1. The molecule has 0 bridgehead atoms. The summed E-state index contributed by atoms with van der Waals surface area (Å²) in [5.74, 6) is 0.680. The van der Waals surface area contributed by atoms with Crippen LogP contribution in [-0.2, 0) is 4.79 Å². The molecule has 2 aromatic rings. The van der Waals surface area contributed by atoms with E-state index in [2.05, 4.69) is 86.8 Å². The summed E-state index contributed by atoms with van der Waals surface area (Å²) in [4.78, 5) is 15.5. The van der Waals surface area contributed by atoms with Gasteiger partial charge in [-0.3, -0.25) is 4.79 Å². The summed E-state index contributed by atoms with van der Waals surface area (Å²) in [6.07, 6.45) is 0. The van der Waals surface area contributed by atoms with Crippen LogP contribution in [0.5, 0.6) is 0 Å². The van der Waals surface area contributed by atoms with E-state index in [1.165, 1.54) is 16.0 Å². The van der Waals surface area contributed by atoms with Crippen molar-refractivity contribution in [3.8, 4) is 0 Å². The van der Waals surface area contributed by atoms with Crippen molar-refractivity contribution in [3.05, 3.63) is 71.8 Å². The number of hydrogen-bond acceptors (Lipinski definition) is 1. The van der Waals surface area contributed by atoms with Gasteiger partial charge in [0.2, 0.25) is 0 Å². The molecule has 0 aliphatic carbocycles. The smallest absolute Gasteiger partial charge is 0.278 e. The molecule has 4 nitrogen and oxygen atoms in total. The van der Waals surface area contributed by atoms with Crippen LogP contribution in [0.25, 0.3) is 0 Å². The number of benzene rings is 2. The van der Waals surface area contributed by atoms with Gasteiger partial charge in [-0.05, 0) is 12.8 Å². The normalized spacial score (nSPS) is 20.9. The molecular weight excluding hydrogens is 346 g/mol. The van der Waals surface area contributed by atoms with Crippen LogP contribution in [0, 0.1) is 5.92 Å². The fourth-order valence-electron chi connectivity index (χ4n) is 4.21. The molecule has 1 heterocycles. The first-order chi connectivity index (χ1) is 13.6. The Bertz CT molecular complexity index is 685. The van der Waals surface area contributed by atoms with Crippen LogP contribution in [0.1, 0.15) is 37.9 Å². The number of quaternary nitrogens is 2. The zero-order valence-corrected chi connectivity index (χ0v) is 17.4. The maximum Gasteiger partial charge on any atom is 0.278 e. The van der Waals surface area contributed by atoms with Crippen molar-refractivity contribution >= 4 is 5.91 Å². The summed E-state index contributed by atoms with van der Waals surface area (Å²) < 4.78 is 0. The van der Waals surface area contributed by atoms with Gasteiger partial charge in [0, 0.05) is 17.7 Å². The molecule has 0 radical (unpaired) electrons. The van der Waals surface area contributed by atoms with E-state index in [0.29, 0.717) is 12.0 Å². The van der Waals surface area contributed by atoms with Crippen LogP contribution in [-0.4, -0.2) is 44.7 Å². The van der Waals surface area contributed by atoms with Gasteiger partial charge < -0.3 is 15.1 Å². The third-order valence-corrected chi connectivity index (χ3v) is 5.90. The van der Waals surface area contributed by atoms with Gasteiger partial charge in [0.15, 0.2) is 6.04 Å². The highest BCUT2D eigenvalue weighted by molar-refractivity contribution is 5.79. The first-order valence-electron chi connectivity index (χ1n) is 10.6. The van der Waals surface area contributed by atoms with Crippen LogP contribution in [0.15, 0.2) is 60.7 Å². The van der Waals surface area contributed by atoms with Crippen molar-refractivity contribution in [1.29, 1.82) is 0 Å². The fraction of sp³-hybridized carbons (Fsp3) is 0.458. The molecule has 1 saturated heterocycles. The van der Waals surface area contributed by atoms with Gasteiger partial charge >= 0.3 is 0 Å². The lowest BCUT2D eigenvalue weighted by molar-refractivity contribution is -1.03. The van der Waals surface area contributed by atoms with E-state index >= 15 is 0 Å². The summed E-state index contributed by atoms with van der Waals surface area (Å²) in [6, 6.07) is 22.0. The van der Waals surface area contributed by atoms with Gasteiger partial charge in [-0.25, -0.2) is 0 Å². The first-order valence-corrected chi connectivity index (χ1v) is 10.6. The predicted molar refractivity (Wildman–Crippen MR) is 113 cm³/mol. The Morgan fingerprint density at radius 3 is 1.75 bits per heavy atom. The summed E-state index contributed by atoms with van der Waals surface area (Å²) >= 11 is 0. The molecule has 1 atom stereocenters. The van der Waals surface area contributed by atoms with Gasteiger partial charge in [-0.2, -0.15) is 0 Å². The number of nitrogens with one attached hydrogen (secondary N) is 3. The third kappa shape index (κ3) is 5.21. The maximum atomic E-state index is 12.5. The zero-order chi connectivity index (χ0) is 19.9. The molecule has 0 unspecified atom stereocenters. The lowest BCUT2D eigenvalue weighted by Crippen LogP contribution is -3.30. The molecule has 28 heavy (non-hydrogen) atoms. The highest BCUT2D eigenvalue weighted by Gasteiger charge is 2.35. The lowest BCUT2D eigenvalue weighted by atomic mass is 9.96. The van der Waals surface area contributed by atoms with E-state index in [1.54, 1.807) is 4.90 Å². The van der Waals surface area contributed by atoms with Gasteiger partial charge in [0.05, 0.1) is 0 Å². The van der Waals surface area contributed by atoms with Crippen molar-refractivity contribution < 1.29 is 14.6 Å². The molecule has 4 heteroatoms. The Morgan fingerprint density at radius 1 is 0.821 bits per heavy atom. The minimum Gasteiger partial charge on any atom is -0.351 e. The van der Waals surface area contributed by atoms with Crippen molar-refractivity contribution in [3.63, 3.8) is 0 Å². The Hall–Kier alpha value is -2.17. The molecule has 0 saturated carbocycles. The Morgan fingerprint density at radius 2 is 1.29 bits per heavy atom. The van der Waals surface area contributed by atoms with Crippen LogP contribution in [0.2, 0.25) is 0 Å². The monoisotopic (exact) mass is 381 g/mol. The zero-order valence-electron chi connectivity index (χ0n) is 17.4. The molecular formula is C24H35N3O+2. The van der Waals surface area contributed by atoms with Gasteiger partial charge in [0.1, 0.15) is 32.2 Å². The van der Waals surface area contributed by atoms with Gasteiger partial charge in [-0.1, -0.05) is 74.5 Å². The standard InChI is InChI=1S/C24H33N3O/c1-19(2)18-25-24(28)20(3)26-14-16-27(17-15-26)23(21-10-6-4-7-11-21)22-12-8-5-9-13-22/h4-13,19-20,23H,14-18H2,1-3H3,(H,25,28)/p+2/t20-/m0/s1. The average Bonchev–Trinajstić information content (AvgIpc) is 2.74. The summed E-state index contributed by atoms with van der Waals surface area (Å²) in [5, 5.41) is 3.10. The van der Waals surface area contributed by atoms with E-state index in [9.17, 15) is 4.79 Å². The van der Waals surface area contributed by atoms with Crippen molar-refractivity contribution in [2.75, 3.05) is 32.7 Å². The molecule has 1 fully saturated rings. The van der Waals surface area contributed by atoms with E-state index < -0.39 is 0 Å². The quantitative estimate of drug-likeness (QED) is 0.650. The van der Waals surface area contributed by atoms with Crippen LogP contribution >= 0.6 is 0 Å². The van der Waals surface area contributed by atoms with E-state index in [0.717, 1.165) is 32.7 Å². The molecule has 1 aliphatic heterocycles. The third-order valence-electron chi connectivity index (χ3n) is 5.90. The Labute approximate surface area is 169 Å². The first kappa shape index (κ1) is 20.6. The lowest BCUT2D eigenvalue weighted by Gasteiger charge is -2.36. The highest BCUT2D eigenvalue weighted by Crippen LogP contribution is 2.18. The molecule has 0 spiro atoms.